The summed E-state index contributed by atoms with van der Waals surface area (Å²) in [6.07, 6.45) is 6.24. The fourth-order valence-corrected chi connectivity index (χ4v) is 5.80. The SMILES string of the molecule is CCc1cc(NC(=O)C(=O)N2C[C@@H](C)CC[C@@H]2c2ccc3ccc(C4CCN(C)CC4)nc3c2)cnc1N. The van der Waals surface area contributed by atoms with Gasteiger partial charge in [0, 0.05) is 23.5 Å². The van der Waals surface area contributed by atoms with Crippen molar-refractivity contribution in [1.29, 1.82) is 0 Å². The van der Waals surface area contributed by atoms with Gasteiger partial charge in [0.05, 0.1) is 23.4 Å². The van der Waals surface area contributed by atoms with E-state index in [9.17, 15) is 9.59 Å². The van der Waals surface area contributed by atoms with Gasteiger partial charge in [-0.1, -0.05) is 32.0 Å². The Morgan fingerprint density at radius 3 is 2.61 bits per heavy atom. The van der Waals surface area contributed by atoms with Gasteiger partial charge in [-0.2, -0.15) is 0 Å². The number of nitrogens with zero attached hydrogens (tertiary/aromatic N) is 4. The molecule has 3 aromatic rings. The summed E-state index contributed by atoms with van der Waals surface area (Å²) < 4.78 is 0. The standard InChI is InChI=1S/C30H38N6O2/c1-4-20-15-24(17-32-28(20)31)33-29(37)30(38)36-18-19(2)5-10-27(36)23-7-6-21-8-9-25(34-26(21)16-23)22-11-13-35(3)14-12-22/h6-9,15-17,19,22,27H,4-5,10-14,18H2,1-3H3,(H2,31,32)(H,33,37)/t19-,27+/m0/s1. The molecule has 0 radical (unpaired) electrons. The molecular formula is C30H38N6O2. The summed E-state index contributed by atoms with van der Waals surface area (Å²) in [5.41, 5.74) is 10.3. The van der Waals surface area contributed by atoms with E-state index in [-0.39, 0.29) is 6.04 Å². The van der Waals surface area contributed by atoms with Crippen LogP contribution in [0.2, 0.25) is 0 Å². The number of fused-ring (bicyclic) bond motifs is 1. The number of rotatable bonds is 4. The molecule has 2 aliphatic heterocycles. The molecule has 8 heteroatoms. The van der Waals surface area contributed by atoms with Crippen molar-refractivity contribution in [1.82, 2.24) is 19.8 Å². The van der Waals surface area contributed by atoms with Gasteiger partial charge in [0.2, 0.25) is 0 Å². The molecule has 200 valence electrons. The van der Waals surface area contributed by atoms with E-state index in [2.05, 4.69) is 59.5 Å². The minimum atomic E-state index is -0.652. The quantitative estimate of drug-likeness (QED) is 0.496. The Morgan fingerprint density at radius 1 is 1.08 bits per heavy atom. The number of nitrogens with two attached hydrogens (primary N) is 1. The minimum Gasteiger partial charge on any atom is -0.383 e. The first-order valence-corrected chi connectivity index (χ1v) is 13.8. The predicted molar refractivity (Wildman–Crippen MR) is 151 cm³/mol. The van der Waals surface area contributed by atoms with Gasteiger partial charge in [0.1, 0.15) is 5.82 Å². The third-order valence-electron chi connectivity index (χ3n) is 8.17. The molecule has 3 N–H and O–H groups in total. The predicted octanol–water partition coefficient (Wildman–Crippen LogP) is 4.52. The van der Waals surface area contributed by atoms with Crippen molar-refractivity contribution in [3.8, 4) is 0 Å². The molecule has 38 heavy (non-hydrogen) atoms. The summed E-state index contributed by atoms with van der Waals surface area (Å²) in [4.78, 5) is 39.8. The molecule has 2 aliphatic rings. The average molecular weight is 515 g/mol. The minimum absolute atomic E-state index is 0.168. The zero-order valence-corrected chi connectivity index (χ0v) is 22.6. The molecule has 5 rings (SSSR count). The number of piperidine rings is 2. The van der Waals surface area contributed by atoms with Crippen molar-refractivity contribution < 1.29 is 9.59 Å². The molecule has 2 saturated heterocycles. The fourth-order valence-electron chi connectivity index (χ4n) is 5.80. The molecule has 0 saturated carbocycles. The van der Waals surface area contributed by atoms with E-state index < -0.39 is 11.8 Å². The van der Waals surface area contributed by atoms with Gasteiger partial charge in [-0.25, -0.2) is 4.98 Å². The number of nitrogen functional groups attached to an aromatic ring is 1. The Morgan fingerprint density at radius 2 is 1.84 bits per heavy atom. The lowest BCUT2D eigenvalue weighted by Gasteiger charge is -2.38. The number of pyridine rings is 2. The number of benzene rings is 1. The second kappa shape index (κ2) is 11.1. The van der Waals surface area contributed by atoms with E-state index in [1.165, 1.54) is 6.20 Å². The van der Waals surface area contributed by atoms with Gasteiger partial charge < -0.3 is 20.9 Å². The maximum absolute atomic E-state index is 13.5. The zero-order chi connectivity index (χ0) is 26.8. The summed E-state index contributed by atoms with van der Waals surface area (Å²) in [6, 6.07) is 12.2. The number of hydrogen-bond acceptors (Lipinski definition) is 6. The average Bonchev–Trinajstić information content (AvgIpc) is 2.93. The molecule has 1 aromatic carbocycles. The highest BCUT2D eigenvalue weighted by Gasteiger charge is 2.34. The van der Waals surface area contributed by atoms with Gasteiger partial charge in [-0.15, -0.1) is 0 Å². The van der Waals surface area contributed by atoms with Gasteiger partial charge in [0.15, 0.2) is 0 Å². The van der Waals surface area contributed by atoms with Crippen LogP contribution in [-0.4, -0.2) is 58.3 Å². The van der Waals surface area contributed by atoms with Crippen LogP contribution >= 0.6 is 0 Å². The topological polar surface area (TPSA) is 104 Å². The summed E-state index contributed by atoms with van der Waals surface area (Å²) in [5, 5.41) is 3.83. The second-order valence-electron chi connectivity index (χ2n) is 11.0. The number of likely N-dealkylation sites (tertiary alicyclic amines) is 2. The van der Waals surface area contributed by atoms with E-state index in [1.807, 2.05) is 6.92 Å². The first-order valence-electron chi connectivity index (χ1n) is 13.8. The lowest BCUT2D eigenvalue weighted by molar-refractivity contribution is -0.146. The van der Waals surface area contributed by atoms with E-state index in [0.717, 1.165) is 66.5 Å². The van der Waals surface area contributed by atoms with Crippen molar-refractivity contribution in [3.63, 3.8) is 0 Å². The van der Waals surface area contributed by atoms with Crippen LogP contribution in [0.3, 0.4) is 0 Å². The Hall–Kier alpha value is -3.52. The lowest BCUT2D eigenvalue weighted by Crippen LogP contribution is -2.46. The Labute approximate surface area is 224 Å². The molecule has 4 heterocycles. The fraction of sp³-hybridized carbons (Fsp3) is 0.467. The Balaban J connectivity index is 1.38. The number of hydrogen-bond donors (Lipinski definition) is 2. The second-order valence-corrected chi connectivity index (χ2v) is 11.0. The summed E-state index contributed by atoms with van der Waals surface area (Å²) in [7, 11) is 2.17. The molecular weight excluding hydrogens is 476 g/mol. The van der Waals surface area contributed by atoms with Crippen LogP contribution < -0.4 is 11.1 Å². The molecule has 0 aliphatic carbocycles. The van der Waals surface area contributed by atoms with Crippen LogP contribution in [0, 0.1) is 5.92 Å². The van der Waals surface area contributed by atoms with Crippen LogP contribution in [-0.2, 0) is 16.0 Å². The van der Waals surface area contributed by atoms with E-state index >= 15 is 0 Å². The summed E-state index contributed by atoms with van der Waals surface area (Å²) >= 11 is 0. The largest absolute Gasteiger partial charge is 0.383 e. The van der Waals surface area contributed by atoms with E-state index in [1.54, 1.807) is 11.0 Å². The summed E-state index contributed by atoms with van der Waals surface area (Å²) in [6.45, 7) is 6.82. The number of carbonyl (C=O) groups is 2. The van der Waals surface area contributed by atoms with Gasteiger partial charge in [-0.3, -0.25) is 14.6 Å². The highest BCUT2D eigenvalue weighted by molar-refractivity contribution is 6.39. The van der Waals surface area contributed by atoms with Crippen molar-refractivity contribution >= 4 is 34.2 Å². The zero-order valence-electron chi connectivity index (χ0n) is 22.6. The number of nitrogens with one attached hydrogen (secondary N) is 1. The number of anilines is 2. The van der Waals surface area contributed by atoms with Crippen molar-refractivity contribution in [2.24, 2.45) is 5.92 Å². The highest BCUT2D eigenvalue weighted by atomic mass is 16.2. The number of aryl methyl sites for hydroxylation is 1. The Kier molecular flexibility index (Phi) is 7.61. The molecule has 0 spiro atoms. The third-order valence-corrected chi connectivity index (χ3v) is 8.17. The first-order chi connectivity index (χ1) is 18.3. The molecule has 0 unspecified atom stereocenters. The molecule has 0 bridgehead atoms. The van der Waals surface area contributed by atoms with Gasteiger partial charge >= 0.3 is 11.8 Å². The third kappa shape index (κ3) is 5.50. The number of amides is 2. The first kappa shape index (κ1) is 26.1. The van der Waals surface area contributed by atoms with Gasteiger partial charge in [-0.05, 0) is 87.5 Å². The van der Waals surface area contributed by atoms with Crippen LogP contribution in [0.25, 0.3) is 10.9 Å². The smallest absolute Gasteiger partial charge is 0.313 e. The monoisotopic (exact) mass is 514 g/mol. The van der Waals surface area contributed by atoms with Crippen LogP contribution in [0.1, 0.15) is 68.3 Å². The molecule has 2 fully saturated rings. The number of aromatic nitrogens is 2. The van der Waals surface area contributed by atoms with Crippen molar-refractivity contribution in [2.75, 3.05) is 37.7 Å². The van der Waals surface area contributed by atoms with Crippen molar-refractivity contribution in [2.45, 2.75) is 57.9 Å². The van der Waals surface area contributed by atoms with Crippen molar-refractivity contribution in [3.05, 3.63) is 59.4 Å². The molecule has 2 amide bonds. The van der Waals surface area contributed by atoms with Gasteiger partial charge in [0.25, 0.3) is 0 Å². The van der Waals surface area contributed by atoms with Crippen LogP contribution in [0.4, 0.5) is 11.5 Å². The maximum Gasteiger partial charge on any atom is 0.313 e. The molecule has 2 atom stereocenters. The summed E-state index contributed by atoms with van der Waals surface area (Å²) in [5.74, 6) is 0.0616. The van der Waals surface area contributed by atoms with Crippen LogP contribution in [0.15, 0.2) is 42.6 Å². The van der Waals surface area contributed by atoms with Crippen LogP contribution in [0.5, 0.6) is 0 Å². The lowest BCUT2D eigenvalue weighted by atomic mass is 9.89. The highest BCUT2D eigenvalue weighted by Crippen LogP contribution is 2.35. The molecule has 8 nitrogen and oxygen atoms in total. The van der Waals surface area contributed by atoms with E-state index in [4.69, 9.17) is 10.7 Å². The van der Waals surface area contributed by atoms with E-state index in [0.29, 0.717) is 36.3 Å². The molecule has 2 aromatic heterocycles. The Bertz CT molecular complexity index is 1330. The normalized spacial score (nSPS) is 21.0. The number of carbonyl (C=O) groups excluding carboxylic acids is 2. The maximum atomic E-state index is 13.5.